The highest BCUT2D eigenvalue weighted by Gasteiger charge is 2.25. The lowest BCUT2D eigenvalue weighted by Gasteiger charge is -2.19. The van der Waals surface area contributed by atoms with Crippen molar-refractivity contribution in [1.29, 1.82) is 0 Å². The summed E-state index contributed by atoms with van der Waals surface area (Å²) in [5.74, 6) is -0.130. The summed E-state index contributed by atoms with van der Waals surface area (Å²) in [7, 11) is -3.47. The van der Waals surface area contributed by atoms with E-state index < -0.39 is 10.0 Å². The van der Waals surface area contributed by atoms with Gasteiger partial charge in [-0.1, -0.05) is 12.8 Å². The number of carbonyl (C=O) groups is 1. The number of ketones is 1. The molecule has 0 bridgehead atoms. The van der Waals surface area contributed by atoms with Gasteiger partial charge >= 0.3 is 0 Å². The summed E-state index contributed by atoms with van der Waals surface area (Å²) in [6.07, 6.45) is 7.29. The summed E-state index contributed by atoms with van der Waals surface area (Å²) in [4.78, 5) is 14.8. The lowest BCUT2D eigenvalue weighted by molar-refractivity contribution is 0.104. The van der Waals surface area contributed by atoms with Gasteiger partial charge in [0.15, 0.2) is 5.78 Å². The first-order valence-corrected chi connectivity index (χ1v) is 11.1. The van der Waals surface area contributed by atoms with Crippen LogP contribution in [-0.2, 0) is 10.0 Å². The van der Waals surface area contributed by atoms with E-state index in [4.69, 9.17) is 0 Å². The normalized spacial score (nSPS) is 16.7. The molecule has 0 spiro atoms. The fourth-order valence-corrected chi connectivity index (χ4v) is 5.32. The maximum atomic E-state index is 12.8. The zero-order valence-corrected chi connectivity index (χ0v) is 16.5. The van der Waals surface area contributed by atoms with Gasteiger partial charge in [-0.05, 0) is 68.3 Å². The monoisotopic (exact) mass is 389 g/mol. The third kappa shape index (κ3) is 4.50. The number of aryl methyl sites for hydroxylation is 1. The van der Waals surface area contributed by atoms with E-state index in [9.17, 15) is 13.2 Å². The van der Waals surface area contributed by atoms with E-state index in [1.807, 2.05) is 19.1 Å². The first kappa shape index (κ1) is 19.0. The fraction of sp³-hybridized carbons (Fsp3) is 0.350. The molecule has 1 saturated heterocycles. The molecule has 3 rings (SSSR count). The van der Waals surface area contributed by atoms with E-state index in [-0.39, 0.29) is 10.7 Å². The molecule has 2 heterocycles. The first-order valence-electron chi connectivity index (χ1n) is 8.86. The highest BCUT2D eigenvalue weighted by atomic mass is 32.2. The van der Waals surface area contributed by atoms with Gasteiger partial charge in [0.05, 0.1) is 4.90 Å². The Morgan fingerprint density at radius 2 is 1.65 bits per heavy atom. The second-order valence-corrected chi connectivity index (χ2v) is 9.75. The predicted octanol–water partition coefficient (Wildman–Crippen LogP) is 4.52. The third-order valence-corrected chi connectivity index (χ3v) is 7.38. The van der Waals surface area contributed by atoms with E-state index in [2.05, 4.69) is 0 Å². The van der Waals surface area contributed by atoms with Gasteiger partial charge in [-0.15, -0.1) is 11.3 Å². The molecule has 0 saturated carbocycles. The molecular weight excluding hydrogens is 366 g/mol. The second kappa shape index (κ2) is 8.29. The largest absolute Gasteiger partial charge is 0.289 e. The summed E-state index contributed by atoms with van der Waals surface area (Å²) in [6.45, 7) is 3.17. The van der Waals surface area contributed by atoms with Crippen LogP contribution in [0.25, 0.3) is 6.08 Å². The number of sulfonamides is 1. The van der Waals surface area contributed by atoms with Crippen molar-refractivity contribution in [3.05, 3.63) is 57.8 Å². The minimum absolute atomic E-state index is 0.130. The Balaban J connectivity index is 1.73. The Labute approximate surface area is 159 Å². The number of thiophene rings is 1. The van der Waals surface area contributed by atoms with Crippen molar-refractivity contribution < 1.29 is 13.2 Å². The van der Waals surface area contributed by atoms with Crippen LogP contribution in [0, 0.1) is 6.92 Å². The third-order valence-electron chi connectivity index (χ3n) is 4.50. The minimum Gasteiger partial charge on any atom is -0.289 e. The Morgan fingerprint density at radius 3 is 2.23 bits per heavy atom. The minimum atomic E-state index is -3.47. The van der Waals surface area contributed by atoms with Crippen molar-refractivity contribution in [1.82, 2.24) is 4.31 Å². The first-order chi connectivity index (χ1) is 12.5. The molecule has 0 radical (unpaired) electrons. The maximum absolute atomic E-state index is 12.8. The van der Waals surface area contributed by atoms with E-state index in [0.717, 1.165) is 30.6 Å². The Bertz CT molecular complexity index is 887. The van der Waals surface area contributed by atoms with Gasteiger partial charge in [-0.3, -0.25) is 4.79 Å². The van der Waals surface area contributed by atoms with E-state index in [1.54, 1.807) is 33.9 Å². The molecule has 1 aromatic heterocycles. The van der Waals surface area contributed by atoms with Crippen molar-refractivity contribution in [2.45, 2.75) is 37.5 Å². The second-order valence-electron chi connectivity index (χ2n) is 6.49. The van der Waals surface area contributed by atoms with Crippen LogP contribution in [0.1, 0.15) is 45.8 Å². The lowest BCUT2D eigenvalue weighted by Crippen LogP contribution is -2.31. The zero-order chi connectivity index (χ0) is 18.6. The van der Waals surface area contributed by atoms with Gasteiger partial charge in [-0.2, -0.15) is 4.31 Å². The van der Waals surface area contributed by atoms with Gasteiger partial charge in [0.2, 0.25) is 10.0 Å². The van der Waals surface area contributed by atoms with E-state index in [1.165, 1.54) is 23.1 Å². The molecule has 1 aliphatic rings. The Kier molecular flexibility index (Phi) is 6.06. The zero-order valence-electron chi connectivity index (χ0n) is 14.8. The van der Waals surface area contributed by atoms with E-state index >= 15 is 0 Å². The van der Waals surface area contributed by atoms with Crippen LogP contribution in [0.4, 0.5) is 0 Å². The average molecular weight is 390 g/mol. The van der Waals surface area contributed by atoms with Crippen LogP contribution in [0.5, 0.6) is 0 Å². The Hall–Kier alpha value is -1.76. The number of hydrogen-bond donors (Lipinski definition) is 0. The molecule has 138 valence electrons. The van der Waals surface area contributed by atoms with Crippen molar-refractivity contribution in [2.75, 3.05) is 13.1 Å². The Morgan fingerprint density at radius 1 is 1.00 bits per heavy atom. The quantitative estimate of drug-likeness (QED) is 0.558. The van der Waals surface area contributed by atoms with Crippen LogP contribution in [0.3, 0.4) is 0 Å². The topological polar surface area (TPSA) is 54.5 Å². The van der Waals surface area contributed by atoms with Crippen LogP contribution in [-0.4, -0.2) is 31.6 Å². The summed E-state index contributed by atoms with van der Waals surface area (Å²) in [6, 6.07) is 10.2. The standard InChI is InChI=1S/C20H23NO3S2/c1-16-6-9-18(25-16)10-13-20(22)17-7-11-19(12-8-17)26(23,24)21-14-4-2-3-5-15-21/h6-13H,2-5,14-15H2,1H3/b13-10-. The lowest BCUT2D eigenvalue weighted by atomic mass is 10.1. The molecular formula is C20H23NO3S2. The summed E-state index contributed by atoms with van der Waals surface area (Å²) in [5, 5.41) is 0. The smallest absolute Gasteiger partial charge is 0.243 e. The maximum Gasteiger partial charge on any atom is 0.243 e. The van der Waals surface area contributed by atoms with E-state index in [0.29, 0.717) is 18.7 Å². The number of hydrogen-bond acceptors (Lipinski definition) is 4. The number of rotatable bonds is 5. The SMILES string of the molecule is Cc1ccc(/C=C\C(=O)c2ccc(S(=O)(=O)N3CCCCCC3)cc2)s1. The molecule has 0 unspecified atom stereocenters. The molecule has 1 aliphatic heterocycles. The molecule has 0 atom stereocenters. The fourth-order valence-electron chi connectivity index (χ4n) is 3.02. The number of allylic oxidation sites excluding steroid dienone is 1. The van der Waals surface area contributed by atoms with Crippen molar-refractivity contribution in [3.8, 4) is 0 Å². The highest BCUT2D eigenvalue weighted by Crippen LogP contribution is 2.21. The number of nitrogens with zero attached hydrogens (tertiary/aromatic N) is 1. The molecule has 1 aromatic carbocycles. The average Bonchev–Trinajstić information content (AvgIpc) is 2.87. The van der Waals surface area contributed by atoms with Gasteiger partial charge in [0.25, 0.3) is 0 Å². The highest BCUT2D eigenvalue weighted by molar-refractivity contribution is 7.89. The van der Waals surface area contributed by atoms with Gasteiger partial charge in [0, 0.05) is 28.4 Å². The van der Waals surface area contributed by atoms with Crippen LogP contribution < -0.4 is 0 Å². The van der Waals surface area contributed by atoms with Crippen molar-refractivity contribution in [3.63, 3.8) is 0 Å². The van der Waals surface area contributed by atoms with Crippen molar-refractivity contribution >= 4 is 33.2 Å². The molecule has 1 fully saturated rings. The van der Waals surface area contributed by atoms with Crippen LogP contribution in [0.15, 0.2) is 47.4 Å². The van der Waals surface area contributed by atoms with Gasteiger partial charge in [-0.25, -0.2) is 8.42 Å². The summed E-state index contributed by atoms with van der Waals surface area (Å²) < 4.78 is 27.1. The van der Waals surface area contributed by atoms with Gasteiger partial charge < -0.3 is 0 Å². The summed E-state index contributed by atoms with van der Waals surface area (Å²) >= 11 is 1.62. The molecule has 0 N–H and O–H groups in total. The molecule has 0 aliphatic carbocycles. The number of benzene rings is 1. The predicted molar refractivity (Wildman–Crippen MR) is 106 cm³/mol. The number of carbonyl (C=O) groups excluding carboxylic acids is 1. The van der Waals surface area contributed by atoms with Crippen molar-refractivity contribution in [2.24, 2.45) is 0 Å². The molecule has 2 aromatic rings. The summed E-state index contributed by atoms with van der Waals surface area (Å²) in [5.41, 5.74) is 0.490. The van der Waals surface area contributed by atoms with Crippen LogP contribution >= 0.6 is 11.3 Å². The molecule has 26 heavy (non-hydrogen) atoms. The van der Waals surface area contributed by atoms with Gasteiger partial charge in [0.1, 0.15) is 0 Å². The molecule has 0 amide bonds. The molecule has 6 heteroatoms. The van der Waals surface area contributed by atoms with Crippen LogP contribution in [0.2, 0.25) is 0 Å². The molecule has 4 nitrogen and oxygen atoms in total.